The van der Waals surface area contributed by atoms with Gasteiger partial charge in [-0.15, -0.1) is 0 Å². The number of ether oxygens (including phenoxy) is 2. The summed E-state index contributed by atoms with van der Waals surface area (Å²) in [7, 11) is 1.75. The van der Waals surface area contributed by atoms with E-state index in [-0.39, 0.29) is 23.9 Å². The molecule has 7 heteroatoms. The Balaban J connectivity index is 1.53. The van der Waals surface area contributed by atoms with Gasteiger partial charge in [-0.2, -0.15) is 0 Å². The van der Waals surface area contributed by atoms with E-state index in [9.17, 15) is 9.18 Å². The molecule has 2 aromatic rings. The number of halogens is 1. The Bertz CT molecular complexity index is 892. The summed E-state index contributed by atoms with van der Waals surface area (Å²) in [6.07, 6.45) is 6.19. The van der Waals surface area contributed by atoms with Gasteiger partial charge in [0.15, 0.2) is 0 Å². The minimum atomic E-state index is -0.322. The zero-order valence-electron chi connectivity index (χ0n) is 18.7. The smallest absolute Gasteiger partial charge is 0.254 e. The third-order valence-electron chi connectivity index (χ3n) is 6.44. The number of carbonyl (C=O) groups is 1. The summed E-state index contributed by atoms with van der Waals surface area (Å²) in [6, 6.07) is 10.7. The van der Waals surface area contributed by atoms with E-state index in [0.29, 0.717) is 24.5 Å². The van der Waals surface area contributed by atoms with Crippen LogP contribution >= 0.6 is 0 Å². The number of fused-ring (bicyclic) bond motifs is 3. The summed E-state index contributed by atoms with van der Waals surface area (Å²) in [5, 5.41) is 0. The van der Waals surface area contributed by atoms with E-state index in [1.54, 1.807) is 13.2 Å². The zero-order valence-corrected chi connectivity index (χ0v) is 18.7. The Morgan fingerprint density at radius 1 is 1.12 bits per heavy atom. The standard InChI is InChI=1S/C25H32FN3O3/c1-31-24-9-5-13-29-23(24)8-2-3-12-28(18-21-11-10-20(26)17-27-21)14-15-32-22-7-4-6-19(16-22)25(29)30/h4,6-7,10-11,16-17,23-24H,2-3,5,8-9,12-15,18H2,1H3/t23-,24-/m1/s1. The van der Waals surface area contributed by atoms with E-state index in [4.69, 9.17) is 9.47 Å². The second-order valence-corrected chi connectivity index (χ2v) is 8.60. The molecule has 1 saturated heterocycles. The minimum absolute atomic E-state index is 0.0586. The van der Waals surface area contributed by atoms with Crippen molar-refractivity contribution in [2.24, 2.45) is 0 Å². The molecular formula is C25H32FN3O3. The molecule has 0 saturated carbocycles. The van der Waals surface area contributed by atoms with Crippen LogP contribution < -0.4 is 4.74 Å². The van der Waals surface area contributed by atoms with Gasteiger partial charge in [0.2, 0.25) is 0 Å². The summed E-state index contributed by atoms with van der Waals surface area (Å²) in [6.45, 7) is 3.54. The average molecular weight is 442 g/mol. The third kappa shape index (κ3) is 5.64. The van der Waals surface area contributed by atoms with Gasteiger partial charge in [0.05, 0.1) is 24.0 Å². The molecule has 4 rings (SSSR count). The SMILES string of the molecule is CO[C@@H]1CCCN2C(=O)c3cccc(c3)OCCN(Cc3ccc(F)cn3)CCCC[C@H]12. The Hall–Kier alpha value is -2.51. The molecule has 0 N–H and O–H groups in total. The lowest BCUT2D eigenvalue weighted by molar-refractivity contribution is -0.0156. The Labute approximate surface area is 189 Å². The van der Waals surface area contributed by atoms with Crippen LogP contribution in [0.25, 0.3) is 0 Å². The summed E-state index contributed by atoms with van der Waals surface area (Å²) in [5.41, 5.74) is 1.51. The summed E-state index contributed by atoms with van der Waals surface area (Å²) < 4.78 is 25.0. The maximum Gasteiger partial charge on any atom is 0.254 e. The molecular weight excluding hydrogens is 409 g/mol. The van der Waals surface area contributed by atoms with Gasteiger partial charge in [0, 0.05) is 32.3 Å². The Morgan fingerprint density at radius 2 is 2.03 bits per heavy atom. The van der Waals surface area contributed by atoms with E-state index in [1.807, 2.05) is 29.2 Å². The second-order valence-electron chi connectivity index (χ2n) is 8.60. The fourth-order valence-electron chi connectivity index (χ4n) is 4.76. The molecule has 0 unspecified atom stereocenters. The summed E-state index contributed by atoms with van der Waals surface area (Å²) in [4.78, 5) is 21.8. The van der Waals surface area contributed by atoms with Gasteiger partial charge in [0.1, 0.15) is 18.2 Å². The van der Waals surface area contributed by atoms with Gasteiger partial charge in [0.25, 0.3) is 5.91 Å². The number of nitrogens with zero attached hydrogens (tertiary/aromatic N) is 3. The molecule has 6 nitrogen and oxygen atoms in total. The number of amides is 1. The van der Waals surface area contributed by atoms with Crippen molar-refractivity contribution in [1.82, 2.24) is 14.8 Å². The number of hydrogen-bond donors (Lipinski definition) is 0. The third-order valence-corrected chi connectivity index (χ3v) is 6.44. The average Bonchev–Trinajstić information content (AvgIpc) is 2.82. The van der Waals surface area contributed by atoms with Crippen molar-refractivity contribution in [3.63, 3.8) is 0 Å². The maximum absolute atomic E-state index is 13.3. The number of hydrogen-bond acceptors (Lipinski definition) is 5. The molecule has 1 fully saturated rings. The molecule has 0 aliphatic carbocycles. The fraction of sp³-hybridized carbons (Fsp3) is 0.520. The lowest BCUT2D eigenvalue weighted by atomic mass is 9.93. The predicted molar refractivity (Wildman–Crippen MR) is 120 cm³/mol. The molecule has 172 valence electrons. The van der Waals surface area contributed by atoms with Crippen LogP contribution in [0.15, 0.2) is 42.6 Å². The van der Waals surface area contributed by atoms with Crippen LogP contribution in [0.2, 0.25) is 0 Å². The second kappa shape index (κ2) is 10.9. The highest BCUT2D eigenvalue weighted by Crippen LogP contribution is 2.27. The first kappa shape index (κ1) is 22.7. The number of piperidine rings is 1. The van der Waals surface area contributed by atoms with E-state index in [1.165, 1.54) is 12.3 Å². The van der Waals surface area contributed by atoms with Crippen molar-refractivity contribution in [2.75, 3.05) is 33.4 Å². The Kier molecular flexibility index (Phi) is 7.71. The first-order valence-electron chi connectivity index (χ1n) is 11.5. The van der Waals surface area contributed by atoms with Crippen LogP contribution in [-0.4, -0.2) is 66.2 Å². The lowest BCUT2D eigenvalue weighted by Gasteiger charge is -2.41. The van der Waals surface area contributed by atoms with E-state index < -0.39 is 0 Å². The first-order valence-corrected chi connectivity index (χ1v) is 11.5. The monoisotopic (exact) mass is 441 g/mol. The van der Waals surface area contributed by atoms with Crippen molar-refractivity contribution in [1.29, 1.82) is 0 Å². The number of rotatable bonds is 3. The molecule has 2 atom stereocenters. The van der Waals surface area contributed by atoms with Crippen molar-refractivity contribution in [3.8, 4) is 5.75 Å². The zero-order chi connectivity index (χ0) is 22.3. The van der Waals surface area contributed by atoms with Crippen LogP contribution in [0.5, 0.6) is 5.75 Å². The van der Waals surface area contributed by atoms with Gasteiger partial charge in [-0.05, 0) is 62.6 Å². The van der Waals surface area contributed by atoms with Gasteiger partial charge < -0.3 is 14.4 Å². The van der Waals surface area contributed by atoms with Crippen LogP contribution in [0.4, 0.5) is 4.39 Å². The van der Waals surface area contributed by atoms with Crippen molar-refractivity contribution >= 4 is 5.91 Å². The molecule has 2 aliphatic heterocycles. The highest BCUT2D eigenvalue weighted by Gasteiger charge is 2.34. The molecule has 1 aromatic heterocycles. The summed E-state index contributed by atoms with van der Waals surface area (Å²) in [5.74, 6) is 0.435. The van der Waals surface area contributed by atoms with Gasteiger partial charge in [-0.25, -0.2) is 4.39 Å². The summed E-state index contributed by atoms with van der Waals surface area (Å²) >= 11 is 0. The van der Waals surface area contributed by atoms with Crippen LogP contribution in [0.1, 0.15) is 48.2 Å². The molecule has 0 radical (unpaired) electrons. The van der Waals surface area contributed by atoms with Crippen molar-refractivity contribution < 1.29 is 18.7 Å². The van der Waals surface area contributed by atoms with Crippen LogP contribution in [-0.2, 0) is 11.3 Å². The molecule has 0 spiro atoms. The van der Waals surface area contributed by atoms with Gasteiger partial charge >= 0.3 is 0 Å². The Morgan fingerprint density at radius 3 is 2.84 bits per heavy atom. The molecule has 2 bridgehead atoms. The highest BCUT2D eigenvalue weighted by molar-refractivity contribution is 5.95. The molecule has 2 aliphatic rings. The normalized spacial score (nSPS) is 23.2. The first-order chi connectivity index (χ1) is 15.6. The number of aromatic nitrogens is 1. The highest BCUT2D eigenvalue weighted by atomic mass is 19.1. The van der Waals surface area contributed by atoms with Crippen LogP contribution in [0.3, 0.4) is 0 Å². The molecule has 3 heterocycles. The van der Waals surface area contributed by atoms with Crippen LogP contribution in [0, 0.1) is 5.82 Å². The van der Waals surface area contributed by atoms with E-state index in [2.05, 4.69) is 9.88 Å². The lowest BCUT2D eigenvalue weighted by Crippen LogP contribution is -2.51. The maximum atomic E-state index is 13.3. The topological polar surface area (TPSA) is 54.9 Å². The molecule has 1 aromatic carbocycles. The minimum Gasteiger partial charge on any atom is -0.492 e. The van der Waals surface area contributed by atoms with Crippen molar-refractivity contribution in [2.45, 2.75) is 50.8 Å². The number of benzene rings is 1. The number of carbonyl (C=O) groups excluding carboxylic acids is 1. The quantitative estimate of drug-likeness (QED) is 0.723. The number of methoxy groups -OCH3 is 1. The van der Waals surface area contributed by atoms with Gasteiger partial charge in [-0.1, -0.05) is 12.5 Å². The van der Waals surface area contributed by atoms with E-state index in [0.717, 1.165) is 57.4 Å². The number of pyridine rings is 1. The molecule has 1 amide bonds. The van der Waals surface area contributed by atoms with Crippen molar-refractivity contribution in [3.05, 3.63) is 59.7 Å². The van der Waals surface area contributed by atoms with E-state index >= 15 is 0 Å². The fourth-order valence-corrected chi connectivity index (χ4v) is 4.76. The largest absolute Gasteiger partial charge is 0.492 e. The predicted octanol–water partition coefficient (Wildman–Crippen LogP) is 3.91. The van der Waals surface area contributed by atoms with Gasteiger partial charge in [-0.3, -0.25) is 14.7 Å². The molecule has 32 heavy (non-hydrogen) atoms.